The van der Waals surface area contributed by atoms with Gasteiger partial charge in [-0.25, -0.2) is 4.79 Å². The minimum Gasteiger partial charge on any atom is -0.461 e. The molecule has 0 bridgehead atoms. The quantitative estimate of drug-likeness (QED) is 0.580. The van der Waals surface area contributed by atoms with Gasteiger partial charge in [0.1, 0.15) is 12.7 Å². The van der Waals surface area contributed by atoms with Gasteiger partial charge in [0.15, 0.2) is 0 Å². The molecule has 0 unspecified atom stereocenters. The largest absolute Gasteiger partial charge is 0.461 e. The summed E-state index contributed by atoms with van der Waals surface area (Å²) in [4.78, 5) is 40.3. The Balaban J connectivity index is 1.49. The Morgan fingerprint density at radius 1 is 1.09 bits per heavy atom. The Morgan fingerprint density at radius 3 is 2.47 bits per heavy atom. The molecule has 4 fully saturated rings. The molecule has 0 N–H and O–H groups in total. The molecule has 2 aliphatic carbocycles. The molecule has 5 rings (SSSR count). The molecule has 3 aliphatic heterocycles. The van der Waals surface area contributed by atoms with Crippen molar-refractivity contribution in [2.75, 3.05) is 32.9 Å². The van der Waals surface area contributed by atoms with Crippen LogP contribution < -0.4 is 0 Å². The molecule has 0 aromatic carbocycles. The summed E-state index contributed by atoms with van der Waals surface area (Å²) < 4.78 is 23.1. The van der Waals surface area contributed by atoms with Crippen LogP contribution in [0.3, 0.4) is 0 Å². The van der Waals surface area contributed by atoms with Crippen molar-refractivity contribution in [3.8, 4) is 0 Å². The van der Waals surface area contributed by atoms with Crippen LogP contribution in [0, 0.1) is 22.7 Å². The first-order valence-electron chi connectivity index (χ1n) is 12.7. The van der Waals surface area contributed by atoms with Gasteiger partial charge < -0.3 is 23.8 Å². The summed E-state index contributed by atoms with van der Waals surface area (Å²) in [7, 11) is 0. The molecule has 188 valence electrons. The van der Waals surface area contributed by atoms with E-state index in [0.29, 0.717) is 44.9 Å². The molecule has 0 aromatic rings. The van der Waals surface area contributed by atoms with E-state index in [1.807, 2.05) is 17.9 Å². The van der Waals surface area contributed by atoms with Crippen molar-refractivity contribution in [2.24, 2.45) is 22.7 Å². The normalized spacial score (nSPS) is 44.1. The first kappa shape index (κ1) is 23.8. The van der Waals surface area contributed by atoms with Gasteiger partial charge in [0.2, 0.25) is 5.91 Å². The lowest BCUT2D eigenvalue weighted by molar-refractivity contribution is -0.209. The molecule has 7 atom stereocenters. The van der Waals surface area contributed by atoms with E-state index in [1.165, 1.54) is 6.92 Å². The van der Waals surface area contributed by atoms with Crippen molar-refractivity contribution < 1.29 is 33.3 Å². The molecule has 0 radical (unpaired) electrons. The zero-order valence-electron chi connectivity index (χ0n) is 20.8. The van der Waals surface area contributed by atoms with Gasteiger partial charge in [-0.15, -0.1) is 0 Å². The standard InChI is InChI=1S/C26H37NO7/c1-16(28)33-21-6-8-24(2)19(26(21,4)23(30)27-10-13-31-14-11-27)5-9-25(3)20(24)15-18(34-25)17-7-12-32-22(17)29/h7,18-21H,5-6,8-15H2,1-4H3/t18-,19-,20-,21+,24+,25+,26-/m0/s1. The van der Waals surface area contributed by atoms with Crippen LogP contribution in [0.5, 0.6) is 0 Å². The molecule has 2 saturated carbocycles. The lowest BCUT2D eigenvalue weighted by atomic mass is 9.44. The maximum atomic E-state index is 14.1. The van der Waals surface area contributed by atoms with Gasteiger partial charge in [0.05, 0.1) is 35.9 Å². The van der Waals surface area contributed by atoms with Crippen LogP contribution in [-0.4, -0.2) is 73.5 Å². The highest BCUT2D eigenvalue weighted by Gasteiger charge is 2.68. The SMILES string of the molecule is CC(=O)O[C@@H]1CC[C@]2(C)[C@H](CC[C@@]3(C)O[C@H](C4=CCOC4=O)C[C@@H]23)[C@]1(C)C(=O)N1CCOCC1. The molecule has 34 heavy (non-hydrogen) atoms. The third-order valence-corrected chi connectivity index (χ3v) is 9.63. The van der Waals surface area contributed by atoms with Crippen LogP contribution >= 0.6 is 0 Å². The minimum atomic E-state index is -0.818. The number of hydrogen-bond acceptors (Lipinski definition) is 7. The van der Waals surface area contributed by atoms with Crippen LogP contribution in [0.25, 0.3) is 0 Å². The third kappa shape index (κ3) is 3.51. The van der Waals surface area contributed by atoms with Crippen LogP contribution in [0.1, 0.15) is 59.8 Å². The van der Waals surface area contributed by atoms with Crippen molar-refractivity contribution in [1.29, 1.82) is 0 Å². The highest BCUT2D eigenvalue weighted by atomic mass is 16.6. The van der Waals surface area contributed by atoms with Crippen molar-refractivity contribution in [3.05, 3.63) is 11.6 Å². The number of cyclic esters (lactones) is 1. The van der Waals surface area contributed by atoms with Crippen LogP contribution in [0.15, 0.2) is 11.6 Å². The molecule has 8 heteroatoms. The van der Waals surface area contributed by atoms with Gasteiger partial charge in [-0.3, -0.25) is 9.59 Å². The fourth-order valence-electron chi connectivity index (χ4n) is 8.02. The number of amides is 1. The summed E-state index contributed by atoms with van der Waals surface area (Å²) in [5.74, 6) is -0.323. The van der Waals surface area contributed by atoms with Gasteiger partial charge in [0.25, 0.3) is 0 Å². The van der Waals surface area contributed by atoms with Gasteiger partial charge in [-0.1, -0.05) is 6.92 Å². The third-order valence-electron chi connectivity index (χ3n) is 9.63. The molecular weight excluding hydrogens is 438 g/mol. The molecular formula is C26H37NO7. The predicted molar refractivity (Wildman–Crippen MR) is 122 cm³/mol. The maximum absolute atomic E-state index is 14.1. The van der Waals surface area contributed by atoms with E-state index in [9.17, 15) is 14.4 Å². The highest BCUT2D eigenvalue weighted by Crippen LogP contribution is 2.66. The van der Waals surface area contributed by atoms with Crippen molar-refractivity contribution in [1.82, 2.24) is 4.90 Å². The Bertz CT molecular complexity index is 911. The number of morpholine rings is 1. The average Bonchev–Trinajstić information content (AvgIpc) is 3.39. The fraction of sp³-hybridized carbons (Fsp3) is 0.808. The monoisotopic (exact) mass is 475 g/mol. The van der Waals surface area contributed by atoms with Gasteiger partial charge in [0, 0.05) is 20.0 Å². The summed E-state index contributed by atoms with van der Waals surface area (Å²) in [6.45, 7) is 10.4. The number of ether oxygens (including phenoxy) is 4. The average molecular weight is 476 g/mol. The molecule has 0 aromatic heterocycles. The molecule has 1 amide bonds. The second-order valence-electron chi connectivity index (χ2n) is 11.4. The topological polar surface area (TPSA) is 91.4 Å². The van der Waals surface area contributed by atoms with Crippen LogP contribution in [0.4, 0.5) is 0 Å². The van der Waals surface area contributed by atoms with E-state index in [4.69, 9.17) is 18.9 Å². The summed E-state index contributed by atoms with van der Waals surface area (Å²) in [5.41, 5.74) is -0.729. The lowest BCUT2D eigenvalue weighted by Crippen LogP contribution is -2.65. The molecule has 5 aliphatic rings. The molecule has 3 heterocycles. The summed E-state index contributed by atoms with van der Waals surface area (Å²) in [6.07, 6.45) is 4.96. The van der Waals surface area contributed by atoms with Crippen molar-refractivity contribution in [3.63, 3.8) is 0 Å². The maximum Gasteiger partial charge on any atom is 0.336 e. The van der Waals surface area contributed by atoms with E-state index >= 15 is 0 Å². The summed E-state index contributed by atoms with van der Waals surface area (Å²) in [5, 5.41) is 0. The second kappa shape index (κ2) is 8.33. The molecule has 8 nitrogen and oxygen atoms in total. The number of fused-ring (bicyclic) bond motifs is 3. The van der Waals surface area contributed by atoms with Gasteiger partial charge >= 0.3 is 11.9 Å². The van der Waals surface area contributed by atoms with E-state index in [0.717, 1.165) is 25.7 Å². The Hall–Kier alpha value is -1.93. The molecule has 2 saturated heterocycles. The number of rotatable bonds is 3. The highest BCUT2D eigenvalue weighted by molar-refractivity contribution is 5.91. The number of nitrogens with zero attached hydrogens (tertiary/aromatic N) is 1. The van der Waals surface area contributed by atoms with Crippen molar-refractivity contribution in [2.45, 2.75) is 77.6 Å². The van der Waals surface area contributed by atoms with E-state index < -0.39 is 11.5 Å². The summed E-state index contributed by atoms with van der Waals surface area (Å²) in [6, 6.07) is 0. The smallest absolute Gasteiger partial charge is 0.336 e. The second-order valence-corrected chi connectivity index (χ2v) is 11.4. The fourth-order valence-corrected chi connectivity index (χ4v) is 8.02. The number of carbonyl (C=O) groups excluding carboxylic acids is 3. The molecule has 0 spiro atoms. The van der Waals surface area contributed by atoms with Crippen LogP contribution in [-0.2, 0) is 33.3 Å². The number of hydrogen-bond donors (Lipinski definition) is 0. The van der Waals surface area contributed by atoms with E-state index in [-0.39, 0.29) is 46.8 Å². The number of esters is 2. The zero-order valence-corrected chi connectivity index (χ0v) is 20.8. The Labute approximate surface area is 201 Å². The Morgan fingerprint density at radius 2 is 1.82 bits per heavy atom. The predicted octanol–water partition coefficient (Wildman–Crippen LogP) is 2.64. The first-order chi connectivity index (χ1) is 16.1. The van der Waals surface area contributed by atoms with Gasteiger partial charge in [-0.2, -0.15) is 0 Å². The van der Waals surface area contributed by atoms with E-state index in [2.05, 4.69) is 13.8 Å². The zero-order chi connectivity index (χ0) is 24.3. The lowest BCUT2D eigenvalue weighted by Gasteiger charge is -2.62. The van der Waals surface area contributed by atoms with Crippen molar-refractivity contribution >= 4 is 17.8 Å². The van der Waals surface area contributed by atoms with E-state index in [1.54, 1.807) is 0 Å². The first-order valence-corrected chi connectivity index (χ1v) is 12.7. The minimum absolute atomic E-state index is 0.0402. The Kier molecular flexibility index (Phi) is 5.83. The summed E-state index contributed by atoms with van der Waals surface area (Å²) >= 11 is 0. The van der Waals surface area contributed by atoms with Crippen LogP contribution in [0.2, 0.25) is 0 Å². The van der Waals surface area contributed by atoms with Gasteiger partial charge in [-0.05, 0) is 69.3 Å². The number of carbonyl (C=O) groups is 3.